The molecule has 0 aromatic carbocycles. The fraction of sp³-hybridized carbons (Fsp3) is 0.625. The lowest BCUT2D eigenvalue weighted by molar-refractivity contribution is 0.415. The van der Waals surface area contributed by atoms with E-state index in [9.17, 15) is 0 Å². The summed E-state index contributed by atoms with van der Waals surface area (Å²) >= 11 is 3.45. The molecule has 0 saturated heterocycles. The van der Waals surface area contributed by atoms with E-state index in [1.54, 1.807) is 0 Å². The second kappa shape index (κ2) is 2.63. The molecule has 1 atom stereocenters. The van der Waals surface area contributed by atoms with Crippen LogP contribution in [0.25, 0.3) is 0 Å². The molecule has 1 aromatic rings. The van der Waals surface area contributed by atoms with Crippen LogP contribution in [0.15, 0.2) is 10.9 Å². The lowest BCUT2D eigenvalue weighted by Gasteiger charge is -2.20. The van der Waals surface area contributed by atoms with Gasteiger partial charge in [-0.15, -0.1) is 0 Å². The van der Waals surface area contributed by atoms with Gasteiger partial charge in [-0.25, -0.2) is 4.98 Å². The predicted octanol–water partition coefficient (Wildman–Crippen LogP) is 2.23. The Morgan fingerprint density at radius 3 is 3.36 bits per heavy atom. The van der Waals surface area contributed by atoms with E-state index >= 15 is 0 Å². The molecule has 1 aliphatic rings. The number of nitrogens with zero attached hydrogens (tertiary/aromatic N) is 2. The minimum Gasteiger partial charge on any atom is -0.333 e. The van der Waals surface area contributed by atoms with Crippen molar-refractivity contribution in [1.82, 2.24) is 9.55 Å². The molecular formula is C8H11BrN2. The summed E-state index contributed by atoms with van der Waals surface area (Å²) in [5.41, 5.74) is 1.36. The van der Waals surface area contributed by atoms with Crippen LogP contribution in [-0.4, -0.2) is 9.55 Å². The third-order valence-electron chi connectivity index (χ3n) is 2.30. The molecule has 0 bridgehead atoms. The minimum atomic E-state index is 0.815. The van der Waals surface area contributed by atoms with Crippen molar-refractivity contribution in [3.8, 4) is 0 Å². The zero-order valence-corrected chi connectivity index (χ0v) is 8.13. The van der Waals surface area contributed by atoms with Crippen LogP contribution in [0, 0.1) is 5.92 Å². The van der Waals surface area contributed by atoms with Crippen LogP contribution in [0.1, 0.15) is 19.0 Å². The zero-order valence-electron chi connectivity index (χ0n) is 6.55. The summed E-state index contributed by atoms with van der Waals surface area (Å²) in [6.45, 7) is 3.43. The van der Waals surface area contributed by atoms with Crippen molar-refractivity contribution in [2.24, 2.45) is 5.92 Å². The highest BCUT2D eigenvalue weighted by Crippen LogP contribution is 2.24. The quantitative estimate of drug-likeness (QED) is 0.648. The van der Waals surface area contributed by atoms with E-state index in [2.05, 4.69) is 32.4 Å². The van der Waals surface area contributed by atoms with E-state index in [0.717, 1.165) is 17.1 Å². The highest BCUT2D eigenvalue weighted by molar-refractivity contribution is 9.10. The number of imidazole rings is 1. The van der Waals surface area contributed by atoms with Crippen molar-refractivity contribution in [2.45, 2.75) is 26.3 Å². The second-order valence-corrected chi connectivity index (χ2v) is 4.02. The van der Waals surface area contributed by atoms with Gasteiger partial charge in [0.15, 0.2) is 0 Å². The summed E-state index contributed by atoms with van der Waals surface area (Å²) in [7, 11) is 0. The normalized spacial score (nSPS) is 23.3. The molecule has 1 unspecified atom stereocenters. The lowest BCUT2D eigenvalue weighted by atomic mass is 9.99. The van der Waals surface area contributed by atoms with E-state index in [0.29, 0.717) is 0 Å². The molecule has 11 heavy (non-hydrogen) atoms. The molecule has 0 radical (unpaired) electrons. The van der Waals surface area contributed by atoms with Gasteiger partial charge in [0.05, 0.1) is 12.0 Å². The molecule has 0 N–H and O–H groups in total. The van der Waals surface area contributed by atoms with Crippen molar-refractivity contribution in [2.75, 3.05) is 0 Å². The molecule has 0 saturated carbocycles. The SMILES string of the molecule is CC1CCn2cnc(Br)c2C1. The average molecular weight is 215 g/mol. The standard InChI is InChI=1S/C8H11BrN2/c1-6-2-3-11-5-10-8(9)7(11)4-6/h5-6H,2-4H2,1H3. The Labute approximate surface area is 74.8 Å². The third-order valence-corrected chi connectivity index (χ3v) is 2.96. The maximum absolute atomic E-state index is 4.21. The third kappa shape index (κ3) is 1.22. The number of aryl methyl sites for hydroxylation is 1. The Kier molecular flexibility index (Phi) is 1.75. The van der Waals surface area contributed by atoms with Crippen LogP contribution >= 0.6 is 15.9 Å². The Morgan fingerprint density at radius 1 is 1.73 bits per heavy atom. The van der Waals surface area contributed by atoms with Crippen molar-refractivity contribution >= 4 is 15.9 Å². The van der Waals surface area contributed by atoms with Gasteiger partial charge >= 0.3 is 0 Å². The first-order valence-electron chi connectivity index (χ1n) is 3.97. The van der Waals surface area contributed by atoms with E-state index < -0.39 is 0 Å². The Morgan fingerprint density at radius 2 is 2.55 bits per heavy atom. The number of halogens is 1. The molecule has 1 aromatic heterocycles. The minimum absolute atomic E-state index is 0.815. The van der Waals surface area contributed by atoms with Gasteiger partial charge in [0.2, 0.25) is 0 Å². The smallest absolute Gasteiger partial charge is 0.127 e. The zero-order chi connectivity index (χ0) is 7.84. The molecule has 1 aliphatic heterocycles. The molecule has 0 spiro atoms. The molecule has 0 aliphatic carbocycles. The largest absolute Gasteiger partial charge is 0.333 e. The molecule has 60 valence electrons. The van der Waals surface area contributed by atoms with E-state index in [1.807, 2.05) is 6.33 Å². The summed E-state index contributed by atoms with van der Waals surface area (Å²) in [4.78, 5) is 4.21. The van der Waals surface area contributed by atoms with E-state index in [4.69, 9.17) is 0 Å². The second-order valence-electron chi connectivity index (χ2n) is 3.27. The average Bonchev–Trinajstić information content (AvgIpc) is 2.33. The number of hydrogen-bond donors (Lipinski definition) is 0. The fourth-order valence-corrected chi connectivity index (χ4v) is 2.05. The molecule has 2 heterocycles. The monoisotopic (exact) mass is 214 g/mol. The maximum Gasteiger partial charge on any atom is 0.127 e. The highest BCUT2D eigenvalue weighted by atomic mass is 79.9. The van der Waals surface area contributed by atoms with Crippen molar-refractivity contribution in [1.29, 1.82) is 0 Å². The van der Waals surface area contributed by atoms with Gasteiger partial charge in [0.1, 0.15) is 4.60 Å². The topological polar surface area (TPSA) is 17.8 Å². The number of rotatable bonds is 0. The van der Waals surface area contributed by atoms with Crippen LogP contribution in [0.4, 0.5) is 0 Å². The highest BCUT2D eigenvalue weighted by Gasteiger charge is 2.17. The molecular weight excluding hydrogens is 204 g/mol. The van der Waals surface area contributed by atoms with Crippen LogP contribution in [0.5, 0.6) is 0 Å². The summed E-state index contributed by atoms with van der Waals surface area (Å²) < 4.78 is 3.27. The summed E-state index contributed by atoms with van der Waals surface area (Å²) in [6.07, 6.45) is 4.38. The number of fused-ring (bicyclic) bond motifs is 1. The van der Waals surface area contributed by atoms with Crippen LogP contribution in [0.3, 0.4) is 0 Å². The number of hydrogen-bond acceptors (Lipinski definition) is 1. The molecule has 3 heteroatoms. The van der Waals surface area contributed by atoms with Crippen LogP contribution in [0.2, 0.25) is 0 Å². The molecule has 2 nitrogen and oxygen atoms in total. The van der Waals surface area contributed by atoms with E-state index in [-0.39, 0.29) is 0 Å². The van der Waals surface area contributed by atoms with Gasteiger partial charge in [0.25, 0.3) is 0 Å². The first-order valence-corrected chi connectivity index (χ1v) is 4.76. The number of aromatic nitrogens is 2. The fourth-order valence-electron chi connectivity index (χ4n) is 1.57. The van der Waals surface area contributed by atoms with Gasteiger partial charge in [0, 0.05) is 6.54 Å². The maximum atomic E-state index is 4.21. The van der Waals surface area contributed by atoms with Crippen molar-refractivity contribution in [3.05, 3.63) is 16.6 Å². The van der Waals surface area contributed by atoms with Gasteiger partial charge in [-0.1, -0.05) is 6.92 Å². The first kappa shape index (κ1) is 7.35. The van der Waals surface area contributed by atoms with Crippen molar-refractivity contribution in [3.63, 3.8) is 0 Å². The summed E-state index contributed by atoms with van der Waals surface area (Å²) in [5.74, 6) is 0.815. The Balaban J connectivity index is 2.37. The first-order chi connectivity index (χ1) is 5.27. The lowest BCUT2D eigenvalue weighted by Crippen LogP contribution is -2.15. The molecule has 2 rings (SSSR count). The van der Waals surface area contributed by atoms with Crippen LogP contribution in [-0.2, 0) is 13.0 Å². The summed E-state index contributed by atoms with van der Waals surface area (Å²) in [5, 5.41) is 0. The van der Waals surface area contributed by atoms with E-state index in [1.165, 1.54) is 18.5 Å². The Bertz CT molecular complexity index is 267. The van der Waals surface area contributed by atoms with Gasteiger partial charge < -0.3 is 4.57 Å². The van der Waals surface area contributed by atoms with Gasteiger partial charge in [-0.05, 0) is 34.7 Å². The summed E-state index contributed by atoms with van der Waals surface area (Å²) in [6, 6.07) is 0. The molecule has 0 amide bonds. The van der Waals surface area contributed by atoms with Crippen molar-refractivity contribution < 1.29 is 0 Å². The molecule has 0 fully saturated rings. The Hall–Kier alpha value is -0.310. The van der Waals surface area contributed by atoms with Gasteiger partial charge in [-0.3, -0.25) is 0 Å². The predicted molar refractivity (Wildman–Crippen MR) is 47.4 cm³/mol. The van der Waals surface area contributed by atoms with Crippen LogP contribution < -0.4 is 0 Å². The van der Waals surface area contributed by atoms with Gasteiger partial charge in [-0.2, -0.15) is 0 Å².